The van der Waals surface area contributed by atoms with E-state index in [-0.39, 0.29) is 11.8 Å². The van der Waals surface area contributed by atoms with Gasteiger partial charge in [-0.1, -0.05) is 6.07 Å². The van der Waals surface area contributed by atoms with E-state index in [1.165, 1.54) is 6.26 Å². The van der Waals surface area contributed by atoms with Crippen LogP contribution in [0.3, 0.4) is 0 Å². The Balaban J connectivity index is 2.64. The number of hydrogen-bond donors (Lipinski definition) is 1. The Hall–Kier alpha value is -0.940. The van der Waals surface area contributed by atoms with E-state index in [1.54, 1.807) is 6.20 Å². The highest BCUT2D eigenvalue weighted by atomic mass is 32.2. The topological polar surface area (TPSA) is 59.1 Å². The molecule has 17 heavy (non-hydrogen) atoms. The minimum absolute atomic E-state index is 0.172. The molecule has 1 N–H and O–H groups in total. The lowest BCUT2D eigenvalue weighted by molar-refractivity contribution is 0.532. The summed E-state index contributed by atoms with van der Waals surface area (Å²) in [5.74, 6) is 0.241. The smallest absolute Gasteiger partial charge is 0.147 e. The highest BCUT2D eigenvalue weighted by Gasteiger charge is 2.13. The second-order valence-corrected chi connectivity index (χ2v) is 6.55. The summed E-state index contributed by atoms with van der Waals surface area (Å²) in [6.45, 7) is 1.97. The number of aromatic nitrogens is 1. The SMILES string of the molecule is CNC(CCCS(C)(=O)=O)c1cccnc1C. The van der Waals surface area contributed by atoms with Gasteiger partial charge in [0.2, 0.25) is 0 Å². The van der Waals surface area contributed by atoms with Crippen molar-refractivity contribution < 1.29 is 8.42 Å². The van der Waals surface area contributed by atoms with Crippen molar-refractivity contribution in [1.82, 2.24) is 10.3 Å². The van der Waals surface area contributed by atoms with Crippen molar-refractivity contribution in [2.75, 3.05) is 19.1 Å². The van der Waals surface area contributed by atoms with Gasteiger partial charge in [-0.15, -0.1) is 0 Å². The van der Waals surface area contributed by atoms with Gasteiger partial charge < -0.3 is 5.32 Å². The Bertz CT molecular complexity index is 457. The Morgan fingerprint density at radius 2 is 2.18 bits per heavy atom. The van der Waals surface area contributed by atoms with Crippen LogP contribution in [0.15, 0.2) is 18.3 Å². The van der Waals surface area contributed by atoms with E-state index < -0.39 is 9.84 Å². The molecule has 1 heterocycles. The monoisotopic (exact) mass is 256 g/mol. The predicted octanol–water partition coefficient (Wildman–Crippen LogP) is 1.48. The highest BCUT2D eigenvalue weighted by molar-refractivity contribution is 7.90. The van der Waals surface area contributed by atoms with Crippen LogP contribution >= 0.6 is 0 Å². The maximum absolute atomic E-state index is 11.1. The van der Waals surface area contributed by atoms with Crippen LogP contribution in [0.5, 0.6) is 0 Å². The van der Waals surface area contributed by atoms with E-state index in [1.807, 2.05) is 26.1 Å². The van der Waals surface area contributed by atoms with Gasteiger partial charge in [0.1, 0.15) is 9.84 Å². The molecule has 0 aliphatic heterocycles. The summed E-state index contributed by atoms with van der Waals surface area (Å²) in [6.07, 6.45) is 4.51. The number of sulfone groups is 1. The van der Waals surface area contributed by atoms with Crippen LogP contribution in [0.4, 0.5) is 0 Å². The molecule has 0 spiro atoms. The molecule has 0 aliphatic carbocycles. The molecule has 0 aromatic carbocycles. The van der Waals surface area contributed by atoms with Crippen molar-refractivity contribution in [3.8, 4) is 0 Å². The molecule has 1 aromatic heterocycles. The summed E-state index contributed by atoms with van der Waals surface area (Å²) in [5.41, 5.74) is 2.13. The molecule has 1 unspecified atom stereocenters. The average Bonchev–Trinajstić information content (AvgIpc) is 2.24. The predicted molar refractivity (Wildman–Crippen MR) is 69.7 cm³/mol. The summed E-state index contributed by atoms with van der Waals surface area (Å²) in [7, 11) is -0.977. The largest absolute Gasteiger partial charge is 0.313 e. The van der Waals surface area contributed by atoms with Crippen LogP contribution in [0.1, 0.15) is 30.1 Å². The summed E-state index contributed by atoms with van der Waals surface area (Å²) in [4.78, 5) is 4.25. The molecular weight excluding hydrogens is 236 g/mol. The molecule has 0 fully saturated rings. The van der Waals surface area contributed by atoms with Gasteiger partial charge in [-0.25, -0.2) is 8.42 Å². The number of hydrogen-bond acceptors (Lipinski definition) is 4. The zero-order chi connectivity index (χ0) is 12.9. The number of pyridine rings is 1. The zero-order valence-electron chi connectivity index (χ0n) is 10.6. The second kappa shape index (κ2) is 6.12. The summed E-state index contributed by atoms with van der Waals surface area (Å²) < 4.78 is 22.1. The molecular formula is C12H20N2O2S. The molecule has 1 atom stereocenters. The first kappa shape index (κ1) is 14.1. The lowest BCUT2D eigenvalue weighted by Crippen LogP contribution is -2.19. The molecule has 0 bridgehead atoms. The number of aryl methyl sites for hydroxylation is 1. The lowest BCUT2D eigenvalue weighted by atomic mass is 10.0. The maximum Gasteiger partial charge on any atom is 0.147 e. The zero-order valence-corrected chi connectivity index (χ0v) is 11.4. The van der Waals surface area contributed by atoms with Gasteiger partial charge in [0, 0.05) is 29.9 Å². The quantitative estimate of drug-likeness (QED) is 0.837. The van der Waals surface area contributed by atoms with Crippen LogP contribution in [0.2, 0.25) is 0 Å². The van der Waals surface area contributed by atoms with Crippen molar-refractivity contribution >= 4 is 9.84 Å². The van der Waals surface area contributed by atoms with Gasteiger partial charge in [0.15, 0.2) is 0 Å². The van der Waals surface area contributed by atoms with Gasteiger partial charge in [0.05, 0.1) is 0 Å². The Morgan fingerprint density at radius 1 is 1.47 bits per heavy atom. The first-order valence-corrected chi connectivity index (χ1v) is 7.76. The van der Waals surface area contributed by atoms with Crippen LogP contribution in [0, 0.1) is 6.92 Å². The normalized spacial score (nSPS) is 13.6. The summed E-state index contributed by atoms with van der Waals surface area (Å²) >= 11 is 0. The molecule has 1 rings (SSSR count). The third-order valence-electron chi connectivity index (χ3n) is 2.78. The van der Waals surface area contributed by atoms with E-state index in [4.69, 9.17) is 0 Å². The first-order chi connectivity index (χ1) is 7.94. The molecule has 0 amide bonds. The van der Waals surface area contributed by atoms with Crippen LogP contribution in [0.25, 0.3) is 0 Å². The fraction of sp³-hybridized carbons (Fsp3) is 0.583. The third-order valence-corrected chi connectivity index (χ3v) is 3.81. The summed E-state index contributed by atoms with van der Waals surface area (Å²) in [5, 5.41) is 3.21. The van der Waals surface area contributed by atoms with Crippen LogP contribution in [-0.4, -0.2) is 32.5 Å². The molecule has 0 saturated carbocycles. The molecule has 5 heteroatoms. The van der Waals surface area contributed by atoms with E-state index >= 15 is 0 Å². The Kier molecular flexibility index (Phi) is 5.08. The maximum atomic E-state index is 11.1. The first-order valence-electron chi connectivity index (χ1n) is 5.70. The fourth-order valence-electron chi connectivity index (χ4n) is 1.87. The van der Waals surface area contributed by atoms with Gasteiger partial charge in [-0.3, -0.25) is 4.98 Å². The Labute approximate surface area is 103 Å². The van der Waals surface area contributed by atoms with Gasteiger partial charge >= 0.3 is 0 Å². The minimum atomic E-state index is -2.86. The van der Waals surface area contributed by atoms with Crippen molar-refractivity contribution in [3.05, 3.63) is 29.6 Å². The molecule has 0 saturated heterocycles. The standard InChI is InChI=1S/C12H20N2O2S/c1-10-11(6-4-8-14-10)12(13-2)7-5-9-17(3,15)16/h4,6,8,12-13H,5,7,9H2,1-3H3. The van der Waals surface area contributed by atoms with Gasteiger partial charge in [-0.05, 0) is 38.4 Å². The number of rotatable bonds is 6. The van der Waals surface area contributed by atoms with Crippen LogP contribution < -0.4 is 5.32 Å². The van der Waals surface area contributed by atoms with E-state index in [9.17, 15) is 8.42 Å². The number of nitrogens with zero attached hydrogens (tertiary/aromatic N) is 1. The molecule has 1 aromatic rings. The molecule has 0 radical (unpaired) electrons. The second-order valence-electron chi connectivity index (χ2n) is 4.29. The third kappa shape index (κ3) is 4.83. The van der Waals surface area contributed by atoms with Crippen molar-refractivity contribution in [2.45, 2.75) is 25.8 Å². The van der Waals surface area contributed by atoms with Crippen molar-refractivity contribution in [1.29, 1.82) is 0 Å². The van der Waals surface area contributed by atoms with E-state index in [2.05, 4.69) is 10.3 Å². The summed E-state index contributed by atoms with van der Waals surface area (Å²) in [6, 6.07) is 4.11. The van der Waals surface area contributed by atoms with Gasteiger partial charge in [-0.2, -0.15) is 0 Å². The highest BCUT2D eigenvalue weighted by Crippen LogP contribution is 2.20. The minimum Gasteiger partial charge on any atom is -0.313 e. The van der Waals surface area contributed by atoms with Gasteiger partial charge in [0.25, 0.3) is 0 Å². The molecule has 0 aliphatic rings. The molecule has 4 nitrogen and oxygen atoms in total. The lowest BCUT2D eigenvalue weighted by Gasteiger charge is -2.17. The van der Waals surface area contributed by atoms with E-state index in [0.29, 0.717) is 6.42 Å². The van der Waals surface area contributed by atoms with E-state index in [0.717, 1.165) is 17.7 Å². The Morgan fingerprint density at radius 3 is 2.71 bits per heavy atom. The molecule has 96 valence electrons. The van der Waals surface area contributed by atoms with Crippen molar-refractivity contribution in [2.24, 2.45) is 0 Å². The van der Waals surface area contributed by atoms with Crippen LogP contribution in [-0.2, 0) is 9.84 Å². The number of nitrogens with one attached hydrogen (secondary N) is 1. The average molecular weight is 256 g/mol. The fourth-order valence-corrected chi connectivity index (χ4v) is 2.56. The van der Waals surface area contributed by atoms with Crippen molar-refractivity contribution in [3.63, 3.8) is 0 Å².